The molecule has 2 rings (SSSR count). The third-order valence-electron chi connectivity index (χ3n) is 2.30. The van der Waals surface area contributed by atoms with Gasteiger partial charge in [0.25, 0.3) is 5.91 Å². The number of nitro groups is 1. The molecule has 0 saturated heterocycles. The normalized spacial score (nSPS) is 10.2. The van der Waals surface area contributed by atoms with Crippen molar-refractivity contribution in [2.24, 2.45) is 0 Å². The summed E-state index contributed by atoms with van der Waals surface area (Å²) in [5.41, 5.74) is 0.146. The first-order chi connectivity index (χ1) is 9.40. The van der Waals surface area contributed by atoms with E-state index in [2.05, 4.69) is 9.69 Å². The number of nitrogens with one attached hydrogen (secondary N) is 1. The summed E-state index contributed by atoms with van der Waals surface area (Å²) in [6.45, 7) is 1.49. The van der Waals surface area contributed by atoms with E-state index in [9.17, 15) is 19.7 Å². The van der Waals surface area contributed by atoms with Gasteiger partial charge in [-0.2, -0.15) is 4.37 Å². The number of carbonyl (C=O) groups excluding carboxylic acids is 1. The topological polar surface area (TPSA) is 136 Å². The van der Waals surface area contributed by atoms with E-state index < -0.39 is 22.7 Å². The van der Waals surface area contributed by atoms with Crippen molar-refractivity contribution in [3.05, 3.63) is 39.3 Å². The Morgan fingerprint density at radius 1 is 1.50 bits per heavy atom. The van der Waals surface area contributed by atoms with Gasteiger partial charge in [0.05, 0.1) is 11.8 Å². The van der Waals surface area contributed by atoms with Crippen LogP contribution in [0.5, 0.6) is 0 Å². The van der Waals surface area contributed by atoms with Crippen LogP contribution < -0.4 is 5.32 Å². The summed E-state index contributed by atoms with van der Waals surface area (Å²) in [7, 11) is 0. The predicted molar refractivity (Wildman–Crippen MR) is 67.1 cm³/mol. The van der Waals surface area contributed by atoms with Gasteiger partial charge in [-0.3, -0.25) is 14.9 Å². The summed E-state index contributed by atoms with van der Waals surface area (Å²) < 4.78 is 8.54. The van der Waals surface area contributed by atoms with Crippen molar-refractivity contribution in [1.82, 2.24) is 4.37 Å². The van der Waals surface area contributed by atoms with E-state index in [0.717, 1.165) is 23.7 Å². The second kappa shape index (κ2) is 5.09. The van der Waals surface area contributed by atoms with Gasteiger partial charge in [-0.05, 0) is 24.5 Å². The predicted octanol–water partition coefficient (Wildman–Crippen LogP) is 1.90. The van der Waals surface area contributed by atoms with Crippen molar-refractivity contribution in [1.29, 1.82) is 0 Å². The van der Waals surface area contributed by atoms with Crippen LogP contribution in [0.3, 0.4) is 0 Å². The second-order valence-corrected chi connectivity index (χ2v) is 4.40. The number of amides is 1. The third-order valence-corrected chi connectivity index (χ3v) is 3.15. The summed E-state index contributed by atoms with van der Waals surface area (Å²) in [6.07, 6.45) is 0. The molecule has 0 aliphatic carbocycles. The Morgan fingerprint density at radius 3 is 2.75 bits per heavy atom. The van der Waals surface area contributed by atoms with E-state index in [4.69, 9.17) is 9.52 Å². The van der Waals surface area contributed by atoms with Crippen LogP contribution in [0.4, 0.5) is 10.9 Å². The lowest BCUT2D eigenvalue weighted by Gasteiger charge is -2.00. The second-order valence-electron chi connectivity index (χ2n) is 3.63. The molecule has 10 heteroatoms. The van der Waals surface area contributed by atoms with Gasteiger partial charge in [0.2, 0.25) is 0 Å². The number of anilines is 1. The van der Waals surface area contributed by atoms with Crippen LogP contribution in [0.15, 0.2) is 16.5 Å². The molecule has 2 aromatic heterocycles. The molecule has 0 atom stereocenters. The molecular formula is C10H7N3O6S. The fourth-order valence-corrected chi connectivity index (χ4v) is 2.20. The SMILES string of the molecule is Cc1nsc(NC(=O)c2ccc([N+](=O)[O-])o2)c1C(=O)O. The molecule has 20 heavy (non-hydrogen) atoms. The molecule has 0 unspecified atom stereocenters. The van der Waals surface area contributed by atoms with Gasteiger partial charge < -0.3 is 14.8 Å². The van der Waals surface area contributed by atoms with Crippen molar-refractivity contribution in [3.63, 3.8) is 0 Å². The number of hydrogen-bond acceptors (Lipinski definition) is 7. The largest absolute Gasteiger partial charge is 0.478 e. The molecule has 0 aliphatic rings. The summed E-state index contributed by atoms with van der Waals surface area (Å²) in [4.78, 5) is 32.5. The summed E-state index contributed by atoms with van der Waals surface area (Å²) in [5, 5.41) is 21.8. The van der Waals surface area contributed by atoms with Crippen LogP contribution in [-0.4, -0.2) is 26.3 Å². The Morgan fingerprint density at radius 2 is 2.20 bits per heavy atom. The Hall–Kier alpha value is -2.75. The third kappa shape index (κ3) is 2.49. The number of rotatable bonds is 4. The number of hydrogen-bond donors (Lipinski definition) is 2. The van der Waals surface area contributed by atoms with Gasteiger partial charge >= 0.3 is 11.9 Å². The summed E-state index contributed by atoms with van der Waals surface area (Å²) in [6, 6.07) is 2.16. The molecule has 2 aromatic rings. The fraction of sp³-hybridized carbons (Fsp3) is 0.100. The van der Waals surface area contributed by atoms with E-state index in [-0.39, 0.29) is 22.0 Å². The zero-order chi connectivity index (χ0) is 14.9. The molecule has 0 aromatic carbocycles. The monoisotopic (exact) mass is 297 g/mol. The zero-order valence-corrected chi connectivity index (χ0v) is 10.8. The number of nitrogens with zero attached hydrogens (tertiary/aromatic N) is 2. The standard InChI is InChI=1S/C10H7N3O6S/c1-4-7(10(15)16)9(20-12-4)11-8(14)5-2-3-6(19-5)13(17)18/h2-3H,1H3,(H,11,14)(H,15,16). The van der Waals surface area contributed by atoms with Crippen LogP contribution in [0.25, 0.3) is 0 Å². The lowest BCUT2D eigenvalue weighted by Crippen LogP contribution is -2.12. The molecule has 0 aliphatic heterocycles. The van der Waals surface area contributed by atoms with Crippen molar-refractivity contribution in [3.8, 4) is 0 Å². The zero-order valence-electron chi connectivity index (χ0n) is 9.95. The van der Waals surface area contributed by atoms with Gasteiger partial charge in [-0.25, -0.2) is 4.79 Å². The van der Waals surface area contributed by atoms with Crippen molar-refractivity contribution in [2.45, 2.75) is 6.92 Å². The van der Waals surface area contributed by atoms with Crippen LogP contribution in [0, 0.1) is 17.0 Å². The highest BCUT2D eigenvalue weighted by atomic mass is 32.1. The molecule has 0 bridgehead atoms. The van der Waals surface area contributed by atoms with Crippen LogP contribution in [0.1, 0.15) is 26.6 Å². The average Bonchev–Trinajstić information content (AvgIpc) is 2.96. The van der Waals surface area contributed by atoms with E-state index in [1.165, 1.54) is 6.92 Å². The number of furan rings is 1. The molecule has 9 nitrogen and oxygen atoms in total. The molecule has 0 fully saturated rings. The molecule has 0 spiro atoms. The number of aromatic nitrogens is 1. The highest BCUT2D eigenvalue weighted by molar-refractivity contribution is 7.11. The van der Waals surface area contributed by atoms with Gasteiger partial charge in [0.1, 0.15) is 15.5 Å². The average molecular weight is 297 g/mol. The summed E-state index contributed by atoms with van der Waals surface area (Å²) >= 11 is 0.802. The Balaban J connectivity index is 2.23. The highest BCUT2D eigenvalue weighted by Gasteiger charge is 2.22. The maximum absolute atomic E-state index is 11.8. The van der Waals surface area contributed by atoms with Crippen molar-refractivity contribution < 1.29 is 24.0 Å². The van der Waals surface area contributed by atoms with Crippen molar-refractivity contribution >= 4 is 34.3 Å². The van der Waals surface area contributed by atoms with E-state index in [1.807, 2.05) is 0 Å². The minimum Gasteiger partial charge on any atom is -0.478 e. The lowest BCUT2D eigenvalue weighted by atomic mass is 10.2. The number of carbonyl (C=O) groups is 2. The molecular weight excluding hydrogens is 290 g/mol. The number of aryl methyl sites for hydroxylation is 1. The van der Waals surface area contributed by atoms with Gasteiger partial charge in [0, 0.05) is 0 Å². The summed E-state index contributed by atoms with van der Waals surface area (Å²) in [5.74, 6) is -2.88. The van der Waals surface area contributed by atoms with Crippen LogP contribution >= 0.6 is 11.5 Å². The first kappa shape index (κ1) is 13.7. The smallest absolute Gasteiger partial charge is 0.433 e. The van der Waals surface area contributed by atoms with Crippen LogP contribution in [0.2, 0.25) is 0 Å². The Bertz CT molecular complexity index is 704. The quantitative estimate of drug-likeness (QED) is 0.649. The minimum atomic E-state index is -1.23. The number of carboxylic acids is 1. The highest BCUT2D eigenvalue weighted by Crippen LogP contribution is 2.25. The fourth-order valence-electron chi connectivity index (χ4n) is 1.42. The van der Waals surface area contributed by atoms with Crippen molar-refractivity contribution in [2.75, 3.05) is 5.32 Å². The van der Waals surface area contributed by atoms with Crippen LogP contribution in [-0.2, 0) is 0 Å². The first-order valence-corrected chi connectivity index (χ1v) is 5.92. The molecule has 0 saturated carbocycles. The molecule has 1 amide bonds. The first-order valence-electron chi connectivity index (χ1n) is 5.15. The number of carboxylic acid groups (broad SMARTS) is 1. The van der Waals surface area contributed by atoms with Gasteiger partial charge in [0.15, 0.2) is 5.76 Å². The minimum absolute atomic E-state index is 0.0408. The van der Waals surface area contributed by atoms with E-state index >= 15 is 0 Å². The molecule has 0 radical (unpaired) electrons. The molecule has 104 valence electrons. The Kier molecular flexibility index (Phi) is 3.48. The Labute approximate surface area is 115 Å². The number of aromatic carboxylic acids is 1. The molecule has 2 N–H and O–H groups in total. The molecule has 2 heterocycles. The van der Waals surface area contributed by atoms with E-state index in [0.29, 0.717) is 0 Å². The maximum atomic E-state index is 11.8. The van der Waals surface area contributed by atoms with Gasteiger partial charge in [-0.15, -0.1) is 0 Å². The van der Waals surface area contributed by atoms with E-state index in [1.54, 1.807) is 0 Å². The lowest BCUT2D eigenvalue weighted by molar-refractivity contribution is -0.402. The maximum Gasteiger partial charge on any atom is 0.433 e. The van der Waals surface area contributed by atoms with Gasteiger partial charge in [-0.1, -0.05) is 0 Å².